The van der Waals surface area contributed by atoms with Gasteiger partial charge < -0.3 is 10.2 Å². The number of benzene rings is 1. The number of urea groups is 1. The van der Waals surface area contributed by atoms with Gasteiger partial charge in [0.15, 0.2) is 0 Å². The second-order valence-corrected chi connectivity index (χ2v) is 7.73. The first-order valence-electron chi connectivity index (χ1n) is 9.73. The molecule has 2 aliphatic rings. The fourth-order valence-electron chi connectivity index (χ4n) is 3.95. The number of pyridine rings is 1. The maximum absolute atomic E-state index is 12.8. The summed E-state index contributed by atoms with van der Waals surface area (Å²) in [4.78, 5) is 33.2. The van der Waals surface area contributed by atoms with Crippen molar-refractivity contribution >= 4 is 35.0 Å². The summed E-state index contributed by atoms with van der Waals surface area (Å²) >= 11 is 5.93. The van der Waals surface area contributed by atoms with Gasteiger partial charge in [-0.2, -0.15) is 0 Å². The molecule has 28 heavy (non-hydrogen) atoms. The Balaban J connectivity index is 1.40. The second-order valence-electron chi connectivity index (χ2n) is 7.29. The first kappa shape index (κ1) is 18.7. The smallest absolute Gasteiger partial charge is 0.321 e. The zero-order valence-electron chi connectivity index (χ0n) is 15.6. The monoisotopic (exact) mass is 398 g/mol. The Morgan fingerprint density at radius 1 is 1.11 bits per heavy atom. The van der Waals surface area contributed by atoms with Gasteiger partial charge in [0.2, 0.25) is 0 Å². The van der Waals surface area contributed by atoms with Crippen molar-refractivity contribution in [2.24, 2.45) is 0 Å². The van der Waals surface area contributed by atoms with Crippen LogP contribution < -0.4 is 10.2 Å². The van der Waals surface area contributed by atoms with Gasteiger partial charge in [-0.25, -0.2) is 9.78 Å². The molecule has 0 atom stereocenters. The van der Waals surface area contributed by atoms with Gasteiger partial charge >= 0.3 is 6.03 Å². The van der Waals surface area contributed by atoms with Gasteiger partial charge in [0.1, 0.15) is 5.82 Å². The van der Waals surface area contributed by atoms with Crippen LogP contribution in [0, 0.1) is 0 Å². The first-order valence-corrected chi connectivity index (χ1v) is 10.1. The lowest BCUT2D eigenvalue weighted by molar-refractivity contribution is 0.102. The van der Waals surface area contributed by atoms with E-state index >= 15 is 0 Å². The predicted molar refractivity (Wildman–Crippen MR) is 110 cm³/mol. The standard InChI is InChI=1S/C21H23ClN4O2/c22-16-6-4-5-15(13-16)20(27)24-17-9-10-19(23-14-17)26-12-11-25(21(26)28)18-7-2-1-3-8-18/h4-6,9-10,13-14,18H,1-3,7-8,11-12H2,(H,24,27). The summed E-state index contributed by atoms with van der Waals surface area (Å²) in [5, 5.41) is 3.31. The minimum atomic E-state index is -0.252. The minimum absolute atomic E-state index is 0.0371. The molecule has 0 unspecified atom stereocenters. The van der Waals surface area contributed by atoms with E-state index in [1.165, 1.54) is 19.3 Å². The Bertz CT molecular complexity index is 865. The maximum Gasteiger partial charge on any atom is 0.326 e. The molecule has 1 aliphatic heterocycles. The summed E-state index contributed by atoms with van der Waals surface area (Å²) in [5.74, 6) is 0.363. The van der Waals surface area contributed by atoms with E-state index < -0.39 is 0 Å². The SMILES string of the molecule is O=C(Nc1ccc(N2CCN(C3CCCCC3)C2=O)nc1)c1cccc(Cl)c1. The average Bonchev–Trinajstić information content (AvgIpc) is 3.10. The number of aromatic nitrogens is 1. The molecule has 4 rings (SSSR count). The third kappa shape index (κ3) is 3.97. The highest BCUT2D eigenvalue weighted by molar-refractivity contribution is 6.31. The highest BCUT2D eigenvalue weighted by Gasteiger charge is 2.35. The van der Waals surface area contributed by atoms with E-state index in [2.05, 4.69) is 10.3 Å². The normalized spacial score (nSPS) is 17.8. The van der Waals surface area contributed by atoms with E-state index in [0.717, 1.165) is 19.4 Å². The summed E-state index contributed by atoms with van der Waals surface area (Å²) in [6.45, 7) is 1.40. The zero-order valence-corrected chi connectivity index (χ0v) is 16.4. The number of hydrogen-bond donors (Lipinski definition) is 1. The molecule has 146 valence electrons. The molecule has 1 aromatic carbocycles. The molecule has 1 aliphatic carbocycles. The average molecular weight is 399 g/mol. The molecule has 3 amide bonds. The molecule has 2 aromatic rings. The molecule has 7 heteroatoms. The second kappa shape index (κ2) is 8.19. The Kier molecular flexibility index (Phi) is 5.48. The van der Waals surface area contributed by atoms with Crippen LogP contribution in [0.3, 0.4) is 0 Å². The zero-order chi connectivity index (χ0) is 19.5. The van der Waals surface area contributed by atoms with Crippen molar-refractivity contribution < 1.29 is 9.59 Å². The Labute approximate surface area is 169 Å². The van der Waals surface area contributed by atoms with Crippen LogP contribution in [0.2, 0.25) is 5.02 Å². The highest BCUT2D eigenvalue weighted by Crippen LogP contribution is 2.28. The number of rotatable bonds is 4. The molecule has 1 N–H and O–H groups in total. The van der Waals surface area contributed by atoms with Gasteiger partial charge in [-0.15, -0.1) is 0 Å². The van der Waals surface area contributed by atoms with Crippen molar-refractivity contribution in [1.82, 2.24) is 9.88 Å². The number of halogens is 1. The van der Waals surface area contributed by atoms with Crippen LogP contribution in [0.1, 0.15) is 42.5 Å². The Morgan fingerprint density at radius 2 is 1.93 bits per heavy atom. The predicted octanol–water partition coefficient (Wildman–Crippen LogP) is 4.56. The molecule has 1 aromatic heterocycles. The van der Waals surface area contributed by atoms with Crippen molar-refractivity contribution in [3.8, 4) is 0 Å². The summed E-state index contributed by atoms with van der Waals surface area (Å²) in [6, 6.07) is 10.7. The van der Waals surface area contributed by atoms with E-state index in [9.17, 15) is 9.59 Å². The lowest BCUT2D eigenvalue weighted by Gasteiger charge is -2.30. The molecular weight excluding hydrogens is 376 g/mol. The topological polar surface area (TPSA) is 65.5 Å². The number of carbonyl (C=O) groups is 2. The lowest BCUT2D eigenvalue weighted by atomic mass is 9.94. The van der Waals surface area contributed by atoms with E-state index in [1.807, 2.05) is 4.90 Å². The molecule has 1 saturated carbocycles. The third-order valence-corrected chi connectivity index (χ3v) is 5.66. The number of anilines is 2. The van der Waals surface area contributed by atoms with Gasteiger partial charge in [0.25, 0.3) is 5.91 Å². The minimum Gasteiger partial charge on any atom is -0.321 e. The number of amides is 3. The molecule has 1 saturated heterocycles. The molecule has 2 fully saturated rings. The van der Waals surface area contributed by atoms with Crippen molar-refractivity contribution in [2.75, 3.05) is 23.3 Å². The van der Waals surface area contributed by atoms with Crippen LogP contribution in [-0.2, 0) is 0 Å². The molecule has 0 bridgehead atoms. The first-order chi connectivity index (χ1) is 13.6. The van der Waals surface area contributed by atoms with E-state index in [-0.39, 0.29) is 11.9 Å². The maximum atomic E-state index is 12.8. The summed E-state index contributed by atoms with van der Waals surface area (Å²) < 4.78 is 0. The molecular formula is C21H23ClN4O2. The number of hydrogen-bond acceptors (Lipinski definition) is 3. The number of nitrogens with one attached hydrogen (secondary N) is 1. The van der Waals surface area contributed by atoms with E-state index in [4.69, 9.17) is 11.6 Å². The number of nitrogens with zero attached hydrogens (tertiary/aromatic N) is 3. The van der Waals surface area contributed by atoms with Crippen LogP contribution in [0.5, 0.6) is 0 Å². The van der Waals surface area contributed by atoms with Gasteiger partial charge in [-0.05, 0) is 43.2 Å². The Hall–Kier alpha value is -2.60. The molecule has 0 spiro atoms. The van der Waals surface area contributed by atoms with Crippen LogP contribution in [-0.4, -0.2) is 41.0 Å². The fourth-order valence-corrected chi connectivity index (χ4v) is 4.14. The van der Waals surface area contributed by atoms with Gasteiger partial charge in [0, 0.05) is 29.7 Å². The summed E-state index contributed by atoms with van der Waals surface area (Å²) in [6.07, 6.45) is 7.45. The quantitative estimate of drug-likeness (QED) is 0.820. The van der Waals surface area contributed by atoms with E-state index in [1.54, 1.807) is 47.5 Å². The lowest BCUT2D eigenvalue weighted by Crippen LogP contribution is -2.40. The number of carbonyl (C=O) groups excluding carboxylic acids is 2. The van der Waals surface area contributed by atoms with Gasteiger partial charge in [0.05, 0.1) is 11.9 Å². The van der Waals surface area contributed by atoms with Crippen LogP contribution in [0.4, 0.5) is 16.3 Å². The van der Waals surface area contributed by atoms with Crippen LogP contribution >= 0.6 is 11.6 Å². The summed E-state index contributed by atoms with van der Waals surface area (Å²) in [7, 11) is 0. The summed E-state index contributed by atoms with van der Waals surface area (Å²) in [5.41, 5.74) is 1.05. The van der Waals surface area contributed by atoms with Crippen molar-refractivity contribution in [3.63, 3.8) is 0 Å². The Morgan fingerprint density at radius 3 is 2.64 bits per heavy atom. The largest absolute Gasteiger partial charge is 0.326 e. The van der Waals surface area contributed by atoms with Crippen molar-refractivity contribution in [3.05, 3.63) is 53.2 Å². The van der Waals surface area contributed by atoms with Gasteiger partial charge in [-0.3, -0.25) is 9.69 Å². The van der Waals surface area contributed by atoms with Crippen molar-refractivity contribution in [1.29, 1.82) is 0 Å². The molecule has 6 nitrogen and oxygen atoms in total. The van der Waals surface area contributed by atoms with Crippen LogP contribution in [0.25, 0.3) is 0 Å². The van der Waals surface area contributed by atoms with E-state index in [0.29, 0.717) is 34.7 Å². The van der Waals surface area contributed by atoms with Gasteiger partial charge in [-0.1, -0.05) is 36.9 Å². The third-order valence-electron chi connectivity index (χ3n) is 5.43. The van der Waals surface area contributed by atoms with Crippen molar-refractivity contribution in [2.45, 2.75) is 38.1 Å². The van der Waals surface area contributed by atoms with Crippen LogP contribution in [0.15, 0.2) is 42.6 Å². The highest BCUT2D eigenvalue weighted by atomic mass is 35.5. The molecule has 0 radical (unpaired) electrons. The fraction of sp³-hybridized carbons (Fsp3) is 0.381. The molecule has 2 heterocycles.